The van der Waals surface area contributed by atoms with E-state index in [9.17, 15) is 0 Å². The molecule has 11 rings (SSSR count). The third kappa shape index (κ3) is 6.09. The van der Waals surface area contributed by atoms with Crippen molar-refractivity contribution < 1.29 is 4.42 Å². The van der Waals surface area contributed by atoms with E-state index in [-0.39, 0.29) is 0 Å². The molecule has 11 aromatic rings. The van der Waals surface area contributed by atoms with Crippen LogP contribution < -0.4 is 4.90 Å². The molecule has 0 radical (unpaired) electrons. The van der Waals surface area contributed by atoms with Crippen LogP contribution in [0.3, 0.4) is 0 Å². The Hall–Kier alpha value is -7.68. The molecule has 0 unspecified atom stereocenters. The first-order chi connectivity index (χ1) is 28.7. The topological polar surface area (TPSA) is 16.4 Å². The highest BCUT2D eigenvalue weighted by molar-refractivity contribution is 6.09. The van der Waals surface area contributed by atoms with Crippen LogP contribution in [0.2, 0.25) is 0 Å². The molecule has 1 aromatic heterocycles. The van der Waals surface area contributed by atoms with Crippen LogP contribution in [0.25, 0.3) is 88.0 Å². The quantitative estimate of drug-likeness (QED) is 0.162. The van der Waals surface area contributed by atoms with E-state index in [1.165, 1.54) is 54.9 Å². The van der Waals surface area contributed by atoms with Gasteiger partial charge in [0.1, 0.15) is 11.2 Å². The lowest BCUT2D eigenvalue weighted by molar-refractivity contribution is 0.669. The molecular weight excluding hydrogens is 703 g/mol. The molecule has 272 valence electrons. The number of anilines is 3. The minimum absolute atomic E-state index is 0.891. The first-order valence-electron chi connectivity index (χ1n) is 19.8. The van der Waals surface area contributed by atoms with Crippen LogP contribution in [0.5, 0.6) is 0 Å². The molecule has 58 heavy (non-hydrogen) atoms. The van der Waals surface area contributed by atoms with Crippen molar-refractivity contribution in [1.82, 2.24) is 0 Å². The molecule has 10 aromatic carbocycles. The number of hydrogen-bond donors (Lipinski definition) is 0. The SMILES string of the molecule is c1ccc(-c2ccc(N(c3ccc(-c4ccc5ccccc5c4)cc3)c3ccc(-c4ccc5oc6ccc(-c7cccc8ccccc78)cc6c5c4)cc3)cc2)cc1. The first kappa shape index (κ1) is 33.6. The molecule has 2 heteroatoms. The fraction of sp³-hybridized carbons (Fsp3) is 0. The molecule has 0 saturated heterocycles. The van der Waals surface area contributed by atoms with Crippen LogP contribution in [0, 0.1) is 0 Å². The van der Waals surface area contributed by atoms with Crippen molar-refractivity contribution in [3.63, 3.8) is 0 Å². The zero-order valence-electron chi connectivity index (χ0n) is 31.7. The number of fused-ring (bicyclic) bond motifs is 5. The van der Waals surface area contributed by atoms with E-state index in [0.717, 1.165) is 50.1 Å². The van der Waals surface area contributed by atoms with Gasteiger partial charge in [-0.3, -0.25) is 0 Å². The van der Waals surface area contributed by atoms with Crippen molar-refractivity contribution in [2.45, 2.75) is 0 Å². The lowest BCUT2D eigenvalue weighted by Gasteiger charge is -2.26. The average Bonchev–Trinajstić information content (AvgIpc) is 3.67. The lowest BCUT2D eigenvalue weighted by atomic mass is 9.96. The van der Waals surface area contributed by atoms with Crippen molar-refractivity contribution >= 4 is 60.5 Å². The maximum atomic E-state index is 6.36. The second-order valence-electron chi connectivity index (χ2n) is 15.0. The van der Waals surface area contributed by atoms with Crippen LogP contribution in [0.4, 0.5) is 17.1 Å². The third-order valence-corrected chi connectivity index (χ3v) is 11.5. The Balaban J connectivity index is 0.954. The zero-order valence-corrected chi connectivity index (χ0v) is 31.7. The fourth-order valence-electron chi connectivity index (χ4n) is 8.46. The molecule has 0 aliphatic rings. The summed E-state index contributed by atoms with van der Waals surface area (Å²) in [4.78, 5) is 2.34. The highest BCUT2D eigenvalue weighted by atomic mass is 16.3. The van der Waals surface area contributed by atoms with E-state index in [1.54, 1.807) is 0 Å². The summed E-state index contributed by atoms with van der Waals surface area (Å²) < 4.78 is 6.36. The van der Waals surface area contributed by atoms with Crippen molar-refractivity contribution in [2.24, 2.45) is 0 Å². The van der Waals surface area contributed by atoms with Gasteiger partial charge in [0, 0.05) is 27.8 Å². The van der Waals surface area contributed by atoms with E-state index in [4.69, 9.17) is 4.42 Å². The molecule has 0 bridgehead atoms. The molecule has 0 atom stereocenters. The summed E-state index contributed by atoms with van der Waals surface area (Å²) in [6.45, 7) is 0. The molecule has 0 aliphatic heterocycles. The predicted octanol–water partition coefficient (Wildman–Crippen LogP) is 16.0. The normalized spacial score (nSPS) is 11.4. The van der Waals surface area contributed by atoms with Crippen molar-refractivity contribution in [2.75, 3.05) is 4.90 Å². The van der Waals surface area contributed by atoms with Gasteiger partial charge in [-0.2, -0.15) is 0 Å². The van der Waals surface area contributed by atoms with Gasteiger partial charge in [-0.25, -0.2) is 0 Å². The van der Waals surface area contributed by atoms with E-state index in [2.05, 4.69) is 229 Å². The maximum absolute atomic E-state index is 6.36. The molecule has 0 fully saturated rings. The van der Waals surface area contributed by atoms with Gasteiger partial charge in [0.15, 0.2) is 0 Å². The number of rotatable bonds is 7. The van der Waals surface area contributed by atoms with E-state index in [1.807, 2.05) is 0 Å². The highest BCUT2D eigenvalue weighted by Crippen LogP contribution is 2.40. The van der Waals surface area contributed by atoms with Gasteiger partial charge in [0.05, 0.1) is 0 Å². The summed E-state index contributed by atoms with van der Waals surface area (Å²) in [5.74, 6) is 0. The van der Waals surface area contributed by atoms with Gasteiger partial charge in [-0.1, -0.05) is 158 Å². The Labute approximate surface area is 337 Å². The molecule has 0 aliphatic carbocycles. The van der Waals surface area contributed by atoms with Crippen LogP contribution in [0.15, 0.2) is 229 Å². The van der Waals surface area contributed by atoms with E-state index < -0.39 is 0 Å². The minimum Gasteiger partial charge on any atom is -0.456 e. The molecule has 2 nitrogen and oxygen atoms in total. The largest absolute Gasteiger partial charge is 0.456 e. The Morgan fingerprint density at radius 2 is 0.707 bits per heavy atom. The molecule has 0 N–H and O–H groups in total. The zero-order chi connectivity index (χ0) is 38.4. The second-order valence-corrected chi connectivity index (χ2v) is 15.0. The number of hydrogen-bond acceptors (Lipinski definition) is 2. The molecule has 0 spiro atoms. The fourth-order valence-corrected chi connectivity index (χ4v) is 8.46. The smallest absolute Gasteiger partial charge is 0.135 e. The van der Waals surface area contributed by atoms with Crippen molar-refractivity contribution in [3.05, 3.63) is 224 Å². The maximum Gasteiger partial charge on any atom is 0.135 e. The van der Waals surface area contributed by atoms with Gasteiger partial charge in [-0.05, 0) is 133 Å². The summed E-state index contributed by atoms with van der Waals surface area (Å²) in [5.41, 5.74) is 14.6. The van der Waals surface area contributed by atoms with Gasteiger partial charge in [0.2, 0.25) is 0 Å². The molecular formula is C56H37NO. The third-order valence-electron chi connectivity index (χ3n) is 11.5. The Morgan fingerprint density at radius 3 is 1.36 bits per heavy atom. The summed E-state index contributed by atoms with van der Waals surface area (Å²) in [6.07, 6.45) is 0. The minimum atomic E-state index is 0.891. The highest BCUT2D eigenvalue weighted by Gasteiger charge is 2.16. The Morgan fingerprint density at radius 1 is 0.259 bits per heavy atom. The average molecular weight is 740 g/mol. The molecule has 1 heterocycles. The second kappa shape index (κ2) is 14.1. The summed E-state index contributed by atoms with van der Waals surface area (Å²) in [7, 11) is 0. The number of furan rings is 1. The Kier molecular flexibility index (Phi) is 8.19. The van der Waals surface area contributed by atoms with E-state index >= 15 is 0 Å². The standard InChI is InChI=1S/C56H37NO/c1-2-9-38(10-3-1)40-19-27-48(28-20-40)57(49-29-21-41(22-30-49)45-18-17-39-11-4-5-13-44(39)35-45)50-31-23-42(24-32-50)46-25-33-55-53(36-46)54-37-47(26-34-56(54)58-55)52-16-8-14-43-12-6-7-15-51(43)52/h1-37H. The summed E-state index contributed by atoms with van der Waals surface area (Å²) in [5, 5.41) is 7.22. The monoisotopic (exact) mass is 739 g/mol. The van der Waals surface area contributed by atoms with Crippen LogP contribution >= 0.6 is 0 Å². The Bertz CT molecular complexity index is 3250. The van der Waals surface area contributed by atoms with Crippen LogP contribution in [0.1, 0.15) is 0 Å². The number of nitrogens with zero attached hydrogens (tertiary/aromatic N) is 1. The molecule has 0 amide bonds. The van der Waals surface area contributed by atoms with Gasteiger partial charge in [-0.15, -0.1) is 0 Å². The van der Waals surface area contributed by atoms with Gasteiger partial charge in [0.25, 0.3) is 0 Å². The van der Waals surface area contributed by atoms with Crippen molar-refractivity contribution in [3.8, 4) is 44.5 Å². The summed E-state index contributed by atoms with van der Waals surface area (Å²) in [6, 6.07) is 80.7. The molecule has 0 saturated carbocycles. The predicted molar refractivity (Wildman–Crippen MR) is 245 cm³/mol. The van der Waals surface area contributed by atoms with Gasteiger partial charge < -0.3 is 9.32 Å². The van der Waals surface area contributed by atoms with Crippen LogP contribution in [-0.2, 0) is 0 Å². The lowest BCUT2D eigenvalue weighted by Crippen LogP contribution is -2.09. The summed E-state index contributed by atoms with van der Waals surface area (Å²) >= 11 is 0. The number of benzene rings is 10. The van der Waals surface area contributed by atoms with Gasteiger partial charge >= 0.3 is 0 Å². The van der Waals surface area contributed by atoms with Crippen molar-refractivity contribution in [1.29, 1.82) is 0 Å². The van der Waals surface area contributed by atoms with Crippen LogP contribution in [-0.4, -0.2) is 0 Å². The first-order valence-corrected chi connectivity index (χ1v) is 19.8. The van der Waals surface area contributed by atoms with E-state index in [0.29, 0.717) is 0 Å².